The first-order valence-corrected chi connectivity index (χ1v) is 4.74. The lowest BCUT2D eigenvalue weighted by Crippen LogP contribution is -2.30. The summed E-state index contributed by atoms with van der Waals surface area (Å²) in [5.74, 6) is -1.30. The van der Waals surface area contributed by atoms with Gasteiger partial charge in [-0.25, -0.2) is 19.6 Å². The number of carbonyl (C=O) groups is 2. The van der Waals surface area contributed by atoms with Crippen LogP contribution in [0.4, 0.5) is 10.6 Å². The number of urea groups is 1. The lowest BCUT2D eigenvalue weighted by Gasteiger charge is -2.06. The molecule has 1 heterocycles. The van der Waals surface area contributed by atoms with E-state index < -0.39 is 12.0 Å². The van der Waals surface area contributed by atoms with Gasteiger partial charge in [-0.05, 0) is 6.42 Å². The van der Waals surface area contributed by atoms with E-state index in [0.717, 1.165) is 6.42 Å². The minimum atomic E-state index is -1.24. The monoisotopic (exact) mass is 224 g/mol. The third-order valence-electron chi connectivity index (χ3n) is 1.67. The average molecular weight is 224 g/mol. The molecule has 0 spiro atoms. The molecule has 0 unspecified atom stereocenters. The molecule has 2 amide bonds. The van der Waals surface area contributed by atoms with Crippen LogP contribution < -0.4 is 10.6 Å². The summed E-state index contributed by atoms with van der Waals surface area (Å²) in [4.78, 5) is 29.3. The summed E-state index contributed by atoms with van der Waals surface area (Å²) < 4.78 is 0. The Hall–Kier alpha value is -2.18. The quantitative estimate of drug-likeness (QED) is 0.698. The van der Waals surface area contributed by atoms with Crippen molar-refractivity contribution >= 4 is 17.8 Å². The van der Waals surface area contributed by atoms with Crippen LogP contribution in [0.25, 0.3) is 0 Å². The number of hydrogen-bond acceptors (Lipinski definition) is 4. The molecule has 0 aliphatic carbocycles. The van der Waals surface area contributed by atoms with E-state index in [4.69, 9.17) is 5.11 Å². The lowest BCUT2D eigenvalue weighted by atomic mass is 10.4. The number of nitrogens with zero attached hydrogens (tertiary/aromatic N) is 2. The van der Waals surface area contributed by atoms with Crippen molar-refractivity contribution in [3.05, 3.63) is 18.1 Å². The maximum Gasteiger partial charge on any atom is 0.358 e. The fourth-order valence-electron chi connectivity index (χ4n) is 0.976. The molecule has 0 aromatic carbocycles. The van der Waals surface area contributed by atoms with Crippen molar-refractivity contribution in [2.24, 2.45) is 0 Å². The molecular weight excluding hydrogens is 212 g/mol. The first-order chi connectivity index (χ1) is 7.65. The largest absolute Gasteiger partial charge is 0.476 e. The summed E-state index contributed by atoms with van der Waals surface area (Å²) in [6, 6.07) is -0.496. The van der Waals surface area contributed by atoms with Crippen molar-refractivity contribution in [3.8, 4) is 0 Å². The zero-order valence-electron chi connectivity index (χ0n) is 8.73. The lowest BCUT2D eigenvalue weighted by molar-refractivity contribution is 0.0691. The van der Waals surface area contributed by atoms with Gasteiger partial charge >= 0.3 is 12.0 Å². The van der Waals surface area contributed by atoms with E-state index in [-0.39, 0.29) is 11.5 Å². The number of aromatic nitrogens is 2. The van der Waals surface area contributed by atoms with Crippen LogP contribution >= 0.6 is 0 Å². The van der Waals surface area contributed by atoms with Gasteiger partial charge in [0.05, 0.1) is 0 Å². The molecule has 0 bridgehead atoms. The Balaban J connectivity index is 2.73. The molecule has 0 aliphatic heterocycles. The fourth-order valence-corrected chi connectivity index (χ4v) is 0.976. The zero-order chi connectivity index (χ0) is 12.0. The SMILES string of the molecule is CCCNC(=O)Nc1nccnc1C(=O)O. The normalized spacial score (nSPS) is 9.56. The number of amides is 2. The van der Waals surface area contributed by atoms with Gasteiger partial charge in [-0.3, -0.25) is 5.32 Å². The van der Waals surface area contributed by atoms with Crippen LogP contribution in [0.3, 0.4) is 0 Å². The summed E-state index contributed by atoms with van der Waals surface area (Å²) in [6.45, 7) is 2.42. The Morgan fingerprint density at radius 3 is 2.69 bits per heavy atom. The molecule has 1 aromatic heterocycles. The Morgan fingerprint density at radius 1 is 1.38 bits per heavy atom. The number of anilines is 1. The molecule has 7 heteroatoms. The van der Waals surface area contributed by atoms with E-state index in [9.17, 15) is 9.59 Å². The second-order valence-corrected chi connectivity index (χ2v) is 2.94. The van der Waals surface area contributed by atoms with Gasteiger partial charge < -0.3 is 10.4 Å². The molecule has 0 fully saturated rings. The molecule has 7 nitrogen and oxygen atoms in total. The van der Waals surface area contributed by atoms with Gasteiger partial charge in [-0.1, -0.05) is 6.92 Å². The number of carbonyl (C=O) groups excluding carboxylic acids is 1. The maximum atomic E-state index is 11.3. The van der Waals surface area contributed by atoms with Gasteiger partial charge in [-0.15, -0.1) is 0 Å². The van der Waals surface area contributed by atoms with Crippen LogP contribution in [-0.4, -0.2) is 33.6 Å². The number of aromatic carboxylic acids is 1. The predicted molar refractivity (Wildman–Crippen MR) is 56.3 cm³/mol. The Bertz CT molecular complexity index is 394. The molecule has 0 saturated heterocycles. The summed E-state index contributed by atoms with van der Waals surface area (Å²) in [5, 5.41) is 13.6. The van der Waals surface area contributed by atoms with Crippen LogP contribution in [0.15, 0.2) is 12.4 Å². The Labute approximate surface area is 91.9 Å². The van der Waals surface area contributed by atoms with E-state index in [1.165, 1.54) is 12.4 Å². The van der Waals surface area contributed by atoms with Crippen molar-refractivity contribution in [2.45, 2.75) is 13.3 Å². The molecule has 3 N–H and O–H groups in total. The smallest absolute Gasteiger partial charge is 0.358 e. The molecule has 16 heavy (non-hydrogen) atoms. The van der Waals surface area contributed by atoms with Crippen LogP contribution in [0.2, 0.25) is 0 Å². The highest BCUT2D eigenvalue weighted by Crippen LogP contribution is 2.07. The second-order valence-electron chi connectivity index (χ2n) is 2.94. The van der Waals surface area contributed by atoms with E-state index in [0.29, 0.717) is 6.54 Å². The number of carboxylic acid groups (broad SMARTS) is 1. The maximum absolute atomic E-state index is 11.3. The van der Waals surface area contributed by atoms with Crippen molar-refractivity contribution in [2.75, 3.05) is 11.9 Å². The average Bonchev–Trinajstić information content (AvgIpc) is 2.27. The van der Waals surface area contributed by atoms with Crippen molar-refractivity contribution < 1.29 is 14.7 Å². The van der Waals surface area contributed by atoms with Crippen LogP contribution in [-0.2, 0) is 0 Å². The molecule has 1 rings (SSSR count). The third-order valence-corrected chi connectivity index (χ3v) is 1.67. The molecule has 0 atom stereocenters. The van der Waals surface area contributed by atoms with E-state index in [1.54, 1.807) is 0 Å². The van der Waals surface area contributed by atoms with Crippen molar-refractivity contribution in [1.82, 2.24) is 15.3 Å². The summed E-state index contributed by atoms with van der Waals surface area (Å²) in [6.07, 6.45) is 3.35. The van der Waals surface area contributed by atoms with E-state index >= 15 is 0 Å². The summed E-state index contributed by atoms with van der Waals surface area (Å²) >= 11 is 0. The van der Waals surface area contributed by atoms with Crippen molar-refractivity contribution in [3.63, 3.8) is 0 Å². The predicted octanol–water partition coefficient (Wildman–Crippen LogP) is 0.706. The van der Waals surface area contributed by atoms with Gasteiger partial charge in [0.2, 0.25) is 0 Å². The molecule has 86 valence electrons. The van der Waals surface area contributed by atoms with Crippen LogP contribution in [0.1, 0.15) is 23.8 Å². The first kappa shape index (κ1) is 11.9. The molecular formula is C9H12N4O3. The van der Waals surface area contributed by atoms with Gasteiger partial charge in [0.15, 0.2) is 11.5 Å². The number of hydrogen-bond donors (Lipinski definition) is 3. The van der Waals surface area contributed by atoms with E-state index in [1.807, 2.05) is 6.92 Å². The fraction of sp³-hybridized carbons (Fsp3) is 0.333. The van der Waals surface area contributed by atoms with Crippen LogP contribution in [0.5, 0.6) is 0 Å². The molecule has 0 radical (unpaired) electrons. The Kier molecular flexibility index (Phi) is 4.19. The van der Waals surface area contributed by atoms with Gasteiger partial charge in [0.1, 0.15) is 0 Å². The molecule has 1 aromatic rings. The minimum absolute atomic E-state index is 0.0661. The number of nitrogens with one attached hydrogen (secondary N) is 2. The third kappa shape index (κ3) is 3.19. The van der Waals surface area contributed by atoms with Crippen molar-refractivity contribution in [1.29, 1.82) is 0 Å². The Morgan fingerprint density at radius 2 is 2.06 bits per heavy atom. The highest BCUT2D eigenvalue weighted by Gasteiger charge is 2.14. The van der Waals surface area contributed by atoms with Gasteiger partial charge in [0, 0.05) is 18.9 Å². The molecule has 0 aliphatic rings. The number of rotatable bonds is 4. The number of carboxylic acids is 1. The van der Waals surface area contributed by atoms with Gasteiger partial charge in [0.25, 0.3) is 0 Å². The first-order valence-electron chi connectivity index (χ1n) is 4.74. The zero-order valence-corrected chi connectivity index (χ0v) is 8.73. The van der Waals surface area contributed by atoms with Gasteiger partial charge in [-0.2, -0.15) is 0 Å². The topological polar surface area (TPSA) is 104 Å². The minimum Gasteiger partial charge on any atom is -0.476 e. The van der Waals surface area contributed by atoms with E-state index in [2.05, 4.69) is 20.6 Å². The summed E-state index contributed by atoms with van der Waals surface area (Å²) in [5.41, 5.74) is -0.283. The highest BCUT2D eigenvalue weighted by atomic mass is 16.4. The summed E-state index contributed by atoms with van der Waals surface area (Å²) in [7, 11) is 0. The standard InChI is InChI=1S/C9H12N4O3/c1-2-3-12-9(16)13-7-6(8(14)15)10-4-5-11-7/h4-5H,2-3H2,1H3,(H,14,15)(H2,11,12,13,16). The second kappa shape index (κ2) is 5.64. The van der Waals surface area contributed by atoms with Crippen LogP contribution in [0, 0.1) is 0 Å². The molecule has 0 saturated carbocycles. The highest BCUT2D eigenvalue weighted by molar-refractivity contribution is 5.97.